The van der Waals surface area contributed by atoms with Gasteiger partial charge in [0.2, 0.25) is 0 Å². The van der Waals surface area contributed by atoms with Gasteiger partial charge in [0.1, 0.15) is 5.75 Å². The molecule has 94 valence electrons. The molecule has 0 aliphatic heterocycles. The number of hydrogen-bond donors (Lipinski definition) is 1. The predicted molar refractivity (Wildman–Crippen MR) is 67.9 cm³/mol. The zero-order valence-corrected chi connectivity index (χ0v) is 9.99. The van der Waals surface area contributed by atoms with Crippen molar-refractivity contribution in [3.8, 4) is 16.9 Å². The standard InChI is InChI=1S/C13H10ClF2NO/c14-10-4-1-8(2-5-10)9-3-6-11(17)12(7-9)18-13(15)16/h1-7,13H,17H2. The van der Waals surface area contributed by atoms with E-state index in [-0.39, 0.29) is 11.4 Å². The second-order valence-corrected chi connectivity index (χ2v) is 4.07. The highest BCUT2D eigenvalue weighted by molar-refractivity contribution is 6.30. The summed E-state index contributed by atoms with van der Waals surface area (Å²) in [6, 6.07) is 11.8. The van der Waals surface area contributed by atoms with E-state index in [4.69, 9.17) is 17.3 Å². The first-order valence-corrected chi connectivity index (χ1v) is 5.54. The third-order valence-corrected chi connectivity index (χ3v) is 2.66. The number of nitrogen functional groups attached to an aromatic ring is 1. The largest absolute Gasteiger partial charge is 0.433 e. The molecular weight excluding hydrogens is 260 g/mol. The van der Waals surface area contributed by atoms with Gasteiger partial charge in [-0.1, -0.05) is 29.8 Å². The Kier molecular flexibility index (Phi) is 3.67. The lowest BCUT2D eigenvalue weighted by atomic mass is 10.1. The Balaban J connectivity index is 2.37. The molecule has 0 atom stereocenters. The Labute approximate surface area is 108 Å². The number of halogens is 3. The third kappa shape index (κ3) is 2.90. The molecule has 0 heterocycles. The molecule has 18 heavy (non-hydrogen) atoms. The number of rotatable bonds is 3. The van der Waals surface area contributed by atoms with Gasteiger partial charge < -0.3 is 10.5 Å². The van der Waals surface area contributed by atoms with Crippen LogP contribution >= 0.6 is 11.6 Å². The molecule has 5 heteroatoms. The predicted octanol–water partition coefficient (Wildman–Crippen LogP) is 4.19. The van der Waals surface area contributed by atoms with Crippen molar-refractivity contribution in [2.24, 2.45) is 0 Å². The van der Waals surface area contributed by atoms with Crippen molar-refractivity contribution in [3.63, 3.8) is 0 Å². The number of nitrogens with two attached hydrogens (primary N) is 1. The molecule has 0 aromatic heterocycles. The Morgan fingerprint density at radius 3 is 2.22 bits per heavy atom. The quantitative estimate of drug-likeness (QED) is 0.848. The van der Waals surface area contributed by atoms with Gasteiger partial charge in [-0.25, -0.2) is 0 Å². The van der Waals surface area contributed by atoms with E-state index in [0.29, 0.717) is 5.02 Å². The van der Waals surface area contributed by atoms with Crippen LogP contribution < -0.4 is 10.5 Å². The molecular formula is C13H10ClF2NO. The second kappa shape index (κ2) is 5.23. The molecule has 2 N–H and O–H groups in total. The maximum Gasteiger partial charge on any atom is 0.387 e. The van der Waals surface area contributed by atoms with Gasteiger partial charge in [0.25, 0.3) is 0 Å². The van der Waals surface area contributed by atoms with Gasteiger partial charge in [-0.15, -0.1) is 0 Å². The number of benzene rings is 2. The van der Waals surface area contributed by atoms with E-state index < -0.39 is 6.61 Å². The Morgan fingerprint density at radius 2 is 1.61 bits per heavy atom. The molecule has 0 spiro atoms. The third-order valence-electron chi connectivity index (χ3n) is 2.41. The van der Waals surface area contributed by atoms with Crippen molar-refractivity contribution < 1.29 is 13.5 Å². The first-order valence-electron chi connectivity index (χ1n) is 5.16. The molecule has 0 saturated heterocycles. The summed E-state index contributed by atoms with van der Waals surface area (Å²) >= 11 is 5.78. The molecule has 2 rings (SSSR count). The highest BCUT2D eigenvalue weighted by atomic mass is 35.5. The number of hydrogen-bond acceptors (Lipinski definition) is 2. The smallest absolute Gasteiger partial charge is 0.387 e. The van der Waals surface area contributed by atoms with Gasteiger partial charge in [0.15, 0.2) is 0 Å². The molecule has 2 aromatic carbocycles. The normalized spacial score (nSPS) is 10.7. The van der Waals surface area contributed by atoms with E-state index in [1.165, 1.54) is 12.1 Å². The van der Waals surface area contributed by atoms with Crippen LogP contribution in [0.25, 0.3) is 11.1 Å². The topological polar surface area (TPSA) is 35.2 Å². The SMILES string of the molecule is Nc1ccc(-c2ccc(Cl)cc2)cc1OC(F)F. The average molecular weight is 270 g/mol. The summed E-state index contributed by atoms with van der Waals surface area (Å²) in [5.74, 6) is -0.0301. The molecule has 2 nitrogen and oxygen atoms in total. The average Bonchev–Trinajstić information content (AvgIpc) is 2.32. The van der Waals surface area contributed by atoms with Gasteiger partial charge in [0.05, 0.1) is 5.69 Å². The minimum atomic E-state index is -2.90. The van der Waals surface area contributed by atoms with E-state index >= 15 is 0 Å². The van der Waals surface area contributed by atoms with Gasteiger partial charge in [-0.3, -0.25) is 0 Å². The summed E-state index contributed by atoms with van der Waals surface area (Å²) in [4.78, 5) is 0. The maximum atomic E-state index is 12.2. The van der Waals surface area contributed by atoms with Crippen LogP contribution in [0.5, 0.6) is 5.75 Å². The summed E-state index contributed by atoms with van der Waals surface area (Å²) in [7, 11) is 0. The minimum absolute atomic E-state index is 0.0301. The van der Waals surface area contributed by atoms with Crippen LogP contribution in [0.1, 0.15) is 0 Å². The van der Waals surface area contributed by atoms with Gasteiger partial charge in [-0.05, 0) is 35.4 Å². The summed E-state index contributed by atoms with van der Waals surface area (Å²) in [6.07, 6.45) is 0. The molecule has 0 unspecified atom stereocenters. The zero-order chi connectivity index (χ0) is 13.1. The van der Waals surface area contributed by atoms with E-state index in [0.717, 1.165) is 11.1 Å². The fraction of sp³-hybridized carbons (Fsp3) is 0.0769. The highest BCUT2D eigenvalue weighted by Gasteiger charge is 2.09. The van der Waals surface area contributed by atoms with Crippen molar-refractivity contribution in [2.45, 2.75) is 6.61 Å². The lowest BCUT2D eigenvalue weighted by Crippen LogP contribution is -2.04. The van der Waals surface area contributed by atoms with Crippen molar-refractivity contribution in [1.29, 1.82) is 0 Å². The monoisotopic (exact) mass is 269 g/mol. The van der Waals surface area contributed by atoms with E-state index in [1.54, 1.807) is 30.3 Å². The zero-order valence-electron chi connectivity index (χ0n) is 9.24. The summed E-state index contributed by atoms with van der Waals surface area (Å²) in [6.45, 7) is -2.90. The van der Waals surface area contributed by atoms with Crippen molar-refractivity contribution in [1.82, 2.24) is 0 Å². The van der Waals surface area contributed by atoms with E-state index in [2.05, 4.69) is 4.74 Å². The van der Waals surface area contributed by atoms with Crippen molar-refractivity contribution in [3.05, 3.63) is 47.5 Å². The Hall–Kier alpha value is -1.81. The lowest BCUT2D eigenvalue weighted by Gasteiger charge is -2.10. The van der Waals surface area contributed by atoms with Crippen LogP contribution in [0.2, 0.25) is 5.02 Å². The van der Waals surface area contributed by atoms with Crippen LogP contribution in [0.3, 0.4) is 0 Å². The molecule has 2 aromatic rings. The lowest BCUT2D eigenvalue weighted by molar-refractivity contribution is -0.0492. The molecule has 0 radical (unpaired) electrons. The summed E-state index contributed by atoms with van der Waals surface area (Å²) in [5, 5.41) is 0.609. The minimum Gasteiger partial charge on any atom is -0.433 e. The van der Waals surface area contributed by atoms with Crippen LogP contribution in [0, 0.1) is 0 Å². The highest BCUT2D eigenvalue weighted by Crippen LogP contribution is 2.30. The molecule has 0 amide bonds. The van der Waals surface area contributed by atoms with Crippen molar-refractivity contribution in [2.75, 3.05) is 5.73 Å². The molecule has 0 aliphatic rings. The van der Waals surface area contributed by atoms with Gasteiger partial charge in [0, 0.05) is 5.02 Å². The summed E-state index contributed by atoms with van der Waals surface area (Å²) < 4.78 is 28.7. The van der Waals surface area contributed by atoms with Crippen LogP contribution in [-0.4, -0.2) is 6.61 Å². The second-order valence-electron chi connectivity index (χ2n) is 3.64. The van der Waals surface area contributed by atoms with Crippen LogP contribution in [-0.2, 0) is 0 Å². The molecule has 0 aliphatic carbocycles. The van der Waals surface area contributed by atoms with Gasteiger partial charge >= 0.3 is 6.61 Å². The Morgan fingerprint density at radius 1 is 1.00 bits per heavy atom. The summed E-state index contributed by atoms with van der Waals surface area (Å²) in [5.41, 5.74) is 7.31. The first-order chi connectivity index (χ1) is 8.56. The van der Waals surface area contributed by atoms with Crippen LogP contribution in [0.15, 0.2) is 42.5 Å². The van der Waals surface area contributed by atoms with E-state index in [9.17, 15) is 8.78 Å². The fourth-order valence-electron chi connectivity index (χ4n) is 1.55. The number of anilines is 1. The Bertz CT molecular complexity index is 543. The number of alkyl halides is 2. The first kappa shape index (κ1) is 12.6. The fourth-order valence-corrected chi connectivity index (χ4v) is 1.68. The maximum absolute atomic E-state index is 12.2. The molecule has 0 saturated carbocycles. The molecule has 0 bridgehead atoms. The van der Waals surface area contributed by atoms with Crippen molar-refractivity contribution >= 4 is 17.3 Å². The molecule has 0 fully saturated rings. The van der Waals surface area contributed by atoms with Crippen LogP contribution in [0.4, 0.5) is 14.5 Å². The van der Waals surface area contributed by atoms with Gasteiger partial charge in [-0.2, -0.15) is 8.78 Å². The number of ether oxygens (including phenoxy) is 1. The van der Waals surface area contributed by atoms with E-state index in [1.807, 2.05) is 0 Å².